The molecular weight excluding hydrogens is 362 g/mol. The molecule has 0 spiro atoms. The van der Waals surface area contributed by atoms with Gasteiger partial charge in [0, 0.05) is 23.2 Å². The smallest absolute Gasteiger partial charge is 0.404 e. The molecule has 0 aromatic heterocycles. The fraction of sp³-hybridized carbons (Fsp3) is 0.350. The van der Waals surface area contributed by atoms with Crippen LogP contribution < -0.4 is 11.1 Å². The van der Waals surface area contributed by atoms with Crippen molar-refractivity contribution < 1.29 is 15.0 Å². The van der Waals surface area contributed by atoms with Crippen molar-refractivity contribution in [3.63, 3.8) is 0 Å². The van der Waals surface area contributed by atoms with Gasteiger partial charge in [0.05, 0.1) is 12.1 Å². The molecule has 0 heterocycles. The third-order valence-electron chi connectivity index (χ3n) is 4.47. The van der Waals surface area contributed by atoms with Gasteiger partial charge in [0.15, 0.2) is 0 Å². The molecule has 2 aromatic carbocycles. The lowest BCUT2D eigenvalue weighted by Gasteiger charge is -2.29. The number of nitrogens with two attached hydrogens (primary N) is 1. The number of amides is 1. The van der Waals surface area contributed by atoms with Crippen LogP contribution >= 0.6 is 11.9 Å². The van der Waals surface area contributed by atoms with Crippen molar-refractivity contribution in [2.45, 2.75) is 42.3 Å². The molecule has 2 unspecified atom stereocenters. The first-order valence-electron chi connectivity index (χ1n) is 9.03. The number of nitrogens with zero attached hydrogens (tertiary/aromatic N) is 1. The van der Waals surface area contributed by atoms with Gasteiger partial charge in [-0.1, -0.05) is 36.4 Å². The molecule has 144 valence electrons. The van der Waals surface area contributed by atoms with Crippen LogP contribution in [0.3, 0.4) is 0 Å². The standard InChI is InChI=1S/C20H25N3O3S/c21-15-7-4-8-17(12-15)27-23(16-9-10-16)13-19(24)18(22-20(25)26)11-14-5-2-1-3-6-14/h1-8,12,16,18-19,22,24H,9-11,13,21H2,(H,25,26). The lowest BCUT2D eigenvalue weighted by molar-refractivity contribution is 0.101. The molecule has 1 saturated carbocycles. The summed E-state index contributed by atoms with van der Waals surface area (Å²) in [7, 11) is 0. The Balaban J connectivity index is 1.67. The van der Waals surface area contributed by atoms with E-state index in [2.05, 4.69) is 9.62 Å². The highest BCUT2D eigenvalue weighted by atomic mass is 32.2. The van der Waals surface area contributed by atoms with Gasteiger partial charge in [-0.15, -0.1) is 0 Å². The summed E-state index contributed by atoms with van der Waals surface area (Å²) in [6.45, 7) is 0.377. The second kappa shape index (κ2) is 9.12. The predicted molar refractivity (Wildman–Crippen MR) is 108 cm³/mol. The van der Waals surface area contributed by atoms with E-state index in [1.165, 1.54) is 0 Å². The largest absolute Gasteiger partial charge is 0.465 e. The molecule has 1 amide bonds. The molecule has 2 atom stereocenters. The van der Waals surface area contributed by atoms with Gasteiger partial charge in [-0.05, 0) is 55.0 Å². The van der Waals surface area contributed by atoms with Crippen LogP contribution in [0.25, 0.3) is 0 Å². The SMILES string of the molecule is Nc1cccc(SN(CC(O)C(Cc2ccccc2)NC(=O)O)C2CC2)c1. The lowest BCUT2D eigenvalue weighted by Crippen LogP contribution is -2.48. The highest BCUT2D eigenvalue weighted by Crippen LogP contribution is 2.36. The Morgan fingerprint density at radius 2 is 1.96 bits per heavy atom. The summed E-state index contributed by atoms with van der Waals surface area (Å²) in [4.78, 5) is 12.2. The van der Waals surface area contributed by atoms with Crippen molar-refractivity contribution in [2.75, 3.05) is 12.3 Å². The first kappa shape index (κ1) is 19.5. The van der Waals surface area contributed by atoms with Crippen LogP contribution in [0, 0.1) is 0 Å². The van der Waals surface area contributed by atoms with E-state index >= 15 is 0 Å². The van der Waals surface area contributed by atoms with Crippen LogP contribution in [0.5, 0.6) is 0 Å². The Morgan fingerprint density at radius 3 is 2.59 bits per heavy atom. The van der Waals surface area contributed by atoms with Crippen molar-refractivity contribution in [3.8, 4) is 0 Å². The van der Waals surface area contributed by atoms with Gasteiger partial charge in [-0.2, -0.15) is 0 Å². The van der Waals surface area contributed by atoms with Gasteiger partial charge in [-0.3, -0.25) is 0 Å². The molecule has 0 saturated heterocycles. The molecular formula is C20H25N3O3S. The van der Waals surface area contributed by atoms with Crippen molar-refractivity contribution in [2.24, 2.45) is 0 Å². The fourth-order valence-corrected chi connectivity index (χ4v) is 4.14. The highest BCUT2D eigenvalue weighted by molar-refractivity contribution is 7.97. The average Bonchev–Trinajstić information content (AvgIpc) is 3.46. The number of anilines is 1. The first-order valence-corrected chi connectivity index (χ1v) is 9.80. The topological polar surface area (TPSA) is 98.8 Å². The molecule has 7 heteroatoms. The van der Waals surface area contributed by atoms with Crippen molar-refractivity contribution in [3.05, 3.63) is 60.2 Å². The zero-order valence-electron chi connectivity index (χ0n) is 15.0. The minimum atomic E-state index is -1.13. The number of hydrogen-bond acceptors (Lipinski definition) is 5. The number of hydrogen-bond donors (Lipinski definition) is 4. The normalized spacial score (nSPS) is 16.1. The molecule has 2 aromatic rings. The Labute approximate surface area is 163 Å². The molecule has 1 aliphatic rings. The predicted octanol–water partition coefficient (Wildman–Crippen LogP) is 2.98. The number of aliphatic hydroxyl groups is 1. The Kier molecular flexibility index (Phi) is 6.60. The molecule has 0 aliphatic heterocycles. The van der Waals surface area contributed by atoms with Crippen LogP contribution in [-0.4, -0.2) is 45.3 Å². The molecule has 0 bridgehead atoms. The summed E-state index contributed by atoms with van der Waals surface area (Å²) in [5.74, 6) is 0. The van der Waals surface area contributed by atoms with E-state index in [1.807, 2.05) is 54.6 Å². The second-order valence-corrected chi connectivity index (χ2v) is 7.93. The maximum absolute atomic E-state index is 11.2. The van der Waals surface area contributed by atoms with Gasteiger partial charge >= 0.3 is 6.09 Å². The number of carbonyl (C=O) groups is 1. The van der Waals surface area contributed by atoms with Crippen LogP contribution in [0.2, 0.25) is 0 Å². The van der Waals surface area contributed by atoms with E-state index in [0.717, 1.165) is 23.3 Å². The highest BCUT2D eigenvalue weighted by Gasteiger charge is 2.33. The molecule has 0 radical (unpaired) electrons. The summed E-state index contributed by atoms with van der Waals surface area (Å²) in [6.07, 6.45) is 0.650. The number of aliphatic hydroxyl groups excluding tert-OH is 1. The van der Waals surface area contributed by atoms with Crippen LogP contribution in [-0.2, 0) is 6.42 Å². The number of nitrogen functional groups attached to an aromatic ring is 1. The second-order valence-electron chi connectivity index (χ2n) is 6.81. The van der Waals surface area contributed by atoms with Gasteiger partial charge < -0.3 is 21.3 Å². The van der Waals surface area contributed by atoms with Crippen molar-refractivity contribution in [1.82, 2.24) is 9.62 Å². The zero-order valence-corrected chi connectivity index (χ0v) is 15.8. The summed E-state index contributed by atoms with van der Waals surface area (Å²) in [6, 6.07) is 17.1. The number of benzene rings is 2. The summed E-state index contributed by atoms with van der Waals surface area (Å²) in [5, 5.41) is 22.4. The van der Waals surface area contributed by atoms with E-state index < -0.39 is 18.2 Å². The van der Waals surface area contributed by atoms with E-state index in [-0.39, 0.29) is 0 Å². The molecule has 1 fully saturated rings. The third-order valence-corrected chi connectivity index (χ3v) is 5.62. The summed E-state index contributed by atoms with van der Waals surface area (Å²) in [5.41, 5.74) is 7.54. The van der Waals surface area contributed by atoms with Crippen LogP contribution in [0.4, 0.5) is 10.5 Å². The van der Waals surface area contributed by atoms with E-state index in [0.29, 0.717) is 24.7 Å². The summed E-state index contributed by atoms with van der Waals surface area (Å²) < 4.78 is 2.14. The quantitative estimate of drug-likeness (QED) is 0.390. The lowest BCUT2D eigenvalue weighted by atomic mass is 10.0. The molecule has 27 heavy (non-hydrogen) atoms. The van der Waals surface area contributed by atoms with E-state index in [1.54, 1.807) is 11.9 Å². The third kappa shape index (κ3) is 6.16. The Morgan fingerprint density at radius 1 is 1.22 bits per heavy atom. The number of nitrogens with one attached hydrogen (secondary N) is 1. The average molecular weight is 388 g/mol. The zero-order chi connectivity index (χ0) is 19.2. The molecule has 1 aliphatic carbocycles. The van der Waals surface area contributed by atoms with Crippen LogP contribution in [0.1, 0.15) is 18.4 Å². The monoisotopic (exact) mass is 387 g/mol. The van der Waals surface area contributed by atoms with Crippen molar-refractivity contribution >= 4 is 23.7 Å². The maximum Gasteiger partial charge on any atom is 0.404 e. The summed E-state index contributed by atoms with van der Waals surface area (Å²) >= 11 is 1.56. The number of rotatable bonds is 9. The van der Waals surface area contributed by atoms with Gasteiger partial charge in [0.2, 0.25) is 0 Å². The number of carboxylic acid groups (broad SMARTS) is 1. The molecule has 6 nitrogen and oxygen atoms in total. The molecule has 5 N–H and O–H groups in total. The van der Waals surface area contributed by atoms with E-state index in [4.69, 9.17) is 5.73 Å². The Bertz CT molecular complexity index is 755. The van der Waals surface area contributed by atoms with Crippen molar-refractivity contribution in [1.29, 1.82) is 0 Å². The van der Waals surface area contributed by atoms with Gasteiger partial charge in [0.1, 0.15) is 0 Å². The fourth-order valence-electron chi connectivity index (χ4n) is 2.95. The van der Waals surface area contributed by atoms with Gasteiger partial charge in [-0.25, -0.2) is 9.10 Å². The minimum Gasteiger partial charge on any atom is -0.465 e. The van der Waals surface area contributed by atoms with E-state index in [9.17, 15) is 15.0 Å². The Hall–Kier alpha value is -2.22. The first-order chi connectivity index (χ1) is 13.0. The minimum absolute atomic E-state index is 0.377. The molecule has 3 rings (SSSR count). The van der Waals surface area contributed by atoms with Gasteiger partial charge in [0.25, 0.3) is 0 Å². The maximum atomic E-state index is 11.2. The van der Waals surface area contributed by atoms with Crippen LogP contribution in [0.15, 0.2) is 59.5 Å².